The Labute approximate surface area is 151 Å². The number of aryl methyl sites for hydroxylation is 1. The van der Waals surface area contributed by atoms with Crippen molar-refractivity contribution >= 4 is 33.4 Å². The SMILES string of the molecule is Cc1cc(Nc2cccc(Br)c2)nc(NCCC2=CCCCC2)n1. The van der Waals surface area contributed by atoms with Crippen LogP contribution in [-0.4, -0.2) is 16.5 Å². The van der Waals surface area contributed by atoms with Gasteiger partial charge >= 0.3 is 0 Å². The summed E-state index contributed by atoms with van der Waals surface area (Å²) in [7, 11) is 0. The fourth-order valence-corrected chi connectivity index (χ4v) is 3.29. The minimum Gasteiger partial charge on any atom is -0.354 e. The van der Waals surface area contributed by atoms with Gasteiger partial charge in [-0.3, -0.25) is 0 Å². The van der Waals surface area contributed by atoms with Gasteiger partial charge in [0.2, 0.25) is 5.95 Å². The van der Waals surface area contributed by atoms with Gasteiger partial charge < -0.3 is 10.6 Å². The second kappa shape index (κ2) is 8.29. The van der Waals surface area contributed by atoms with E-state index in [1.54, 1.807) is 5.57 Å². The summed E-state index contributed by atoms with van der Waals surface area (Å²) >= 11 is 3.49. The molecule has 126 valence electrons. The fourth-order valence-electron chi connectivity index (χ4n) is 2.89. The lowest BCUT2D eigenvalue weighted by molar-refractivity contribution is 0.679. The van der Waals surface area contributed by atoms with Gasteiger partial charge in [-0.25, -0.2) is 4.98 Å². The molecule has 24 heavy (non-hydrogen) atoms. The smallest absolute Gasteiger partial charge is 0.224 e. The molecule has 0 spiro atoms. The summed E-state index contributed by atoms with van der Waals surface area (Å²) < 4.78 is 1.04. The lowest BCUT2D eigenvalue weighted by Crippen LogP contribution is -2.09. The van der Waals surface area contributed by atoms with Crippen LogP contribution in [-0.2, 0) is 0 Å². The molecule has 0 bridgehead atoms. The van der Waals surface area contributed by atoms with Crippen LogP contribution < -0.4 is 10.6 Å². The Morgan fingerprint density at radius 1 is 1.17 bits per heavy atom. The Balaban J connectivity index is 1.61. The van der Waals surface area contributed by atoms with E-state index in [-0.39, 0.29) is 0 Å². The summed E-state index contributed by atoms with van der Waals surface area (Å²) in [6.45, 7) is 2.87. The molecule has 2 aromatic rings. The van der Waals surface area contributed by atoms with Crippen LogP contribution >= 0.6 is 15.9 Å². The molecule has 0 atom stereocenters. The van der Waals surface area contributed by atoms with Gasteiger partial charge in [0.15, 0.2) is 0 Å². The number of benzene rings is 1. The number of nitrogens with one attached hydrogen (secondary N) is 2. The number of halogens is 1. The normalized spacial score (nSPS) is 14.2. The topological polar surface area (TPSA) is 49.8 Å². The number of aromatic nitrogens is 2. The lowest BCUT2D eigenvalue weighted by Gasteiger charge is -2.13. The van der Waals surface area contributed by atoms with Gasteiger partial charge in [-0.15, -0.1) is 0 Å². The highest BCUT2D eigenvalue weighted by molar-refractivity contribution is 9.10. The molecule has 1 aliphatic rings. The molecule has 0 unspecified atom stereocenters. The number of nitrogens with zero attached hydrogens (tertiary/aromatic N) is 2. The Morgan fingerprint density at radius 2 is 2.08 bits per heavy atom. The molecule has 1 aromatic heterocycles. The van der Waals surface area contributed by atoms with Crippen LogP contribution in [0.5, 0.6) is 0 Å². The molecule has 0 radical (unpaired) electrons. The van der Waals surface area contributed by atoms with Crippen LogP contribution in [0.25, 0.3) is 0 Å². The molecule has 4 nitrogen and oxygen atoms in total. The van der Waals surface area contributed by atoms with E-state index in [2.05, 4.69) is 42.6 Å². The van der Waals surface area contributed by atoms with E-state index in [9.17, 15) is 0 Å². The largest absolute Gasteiger partial charge is 0.354 e. The van der Waals surface area contributed by atoms with Crippen molar-refractivity contribution in [2.24, 2.45) is 0 Å². The maximum atomic E-state index is 4.57. The molecule has 5 heteroatoms. The molecule has 3 rings (SSSR count). The van der Waals surface area contributed by atoms with E-state index in [4.69, 9.17) is 0 Å². The molecule has 0 saturated carbocycles. The fraction of sp³-hybridized carbons (Fsp3) is 0.368. The molecule has 0 aliphatic heterocycles. The molecule has 1 aromatic carbocycles. The van der Waals surface area contributed by atoms with Gasteiger partial charge in [0.25, 0.3) is 0 Å². The number of hydrogen-bond acceptors (Lipinski definition) is 4. The zero-order valence-corrected chi connectivity index (χ0v) is 15.6. The molecular formula is C19H23BrN4. The number of allylic oxidation sites excluding steroid dienone is 1. The highest BCUT2D eigenvalue weighted by Crippen LogP contribution is 2.22. The summed E-state index contributed by atoms with van der Waals surface area (Å²) in [5.74, 6) is 1.49. The molecule has 0 fully saturated rings. The summed E-state index contributed by atoms with van der Waals surface area (Å²) in [6.07, 6.45) is 8.60. The quantitative estimate of drug-likeness (QED) is 0.634. The van der Waals surface area contributed by atoms with E-state index in [0.29, 0.717) is 5.95 Å². The average Bonchev–Trinajstić information content (AvgIpc) is 2.55. The van der Waals surface area contributed by atoms with Gasteiger partial charge in [-0.2, -0.15) is 4.98 Å². The van der Waals surface area contributed by atoms with E-state index in [1.165, 1.54) is 25.7 Å². The number of hydrogen-bond donors (Lipinski definition) is 2. The van der Waals surface area contributed by atoms with Crippen molar-refractivity contribution in [3.8, 4) is 0 Å². The van der Waals surface area contributed by atoms with Crippen molar-refractivity contribution in [1.29, 1.82) is 0 Å². The number of rotatable bonds is 6. The first-order valence-corrected chi connectivity index (χ1v) is 9.28. The van der Waals surface area contributed by atoms with Crippen molar-refractivity contribution in [2.45, 2.75) is 39.0 Å². The van der Waals surface area contributed by atoms with Crippen molar-refractivity contribution in [1.82, 2.24) is 9.97 Å². The Bertz CT molecular complexity index is 727. The maximum Gasteiger partial charge on any atom is 0.224 e. The van der Waals surface area contributed by atoms with E-state index < -0.39 is 0 Å². The third-order valence-electron chi connectivity index (χ3n) is 4.07. The monoisotopic (exact) mass is 386 g/mol. The minimum absolute atomic E-state index is 0.684. The highest BCUT2D eigenvalue weighted by atomic mass is 79.9. The molecule has 0 amide bonds. The van der Waals surface area contributed by atoms with E-state index in [0.717, 1.165) is 34.6 Å². The van der Waals surface area contributed by atoms with E-state index >= 15 is 0 Å². The van der Waals surface area contributed by atoms with Crippen LogP contribution in [0.1, 0.15) is 37.8 Å². The van der Waals surface area contributed by atoms with Crippen LogP contribution in [0.2, 0.25) is 0 Å². The molecular weight excluding hydrogens is 364 g/mol. The van der Waals surface area contributed by atoms with Crippen molar-refractivity contribution in [3.05, 3.63) is 52.1 Å². The molecule has 0 saturated heterocycles. The zero-order valence-electron chi connectivity index (χ0n) is 14.0. The third kappa shape index (κ3) is 5.06. The van der Waals surface area contributed by atoms with Gasteiger partial charge in [0, 0.05) is 28.5 Å². The van der Waals surface area contributed by atoms with Crippen LogP contribution in [0.4, 0.5) is 17.5 Å². The summed E-state index contributed by atoms with van der Waals surface area (Å²) in [5.41, 5.74) is 3.51. The van der Waals surface area contributed by atoms with Gasteiger partial charge in [0.05, 0.1) is 0 Å². The Kier molecular flexibility index (Phi) is 5.86. The van der Waals surface area contributed by atoms with Gasteiger partial charge in [-0.1, -0.05) is 33.6 Å². The van der Waals surface area contributed by atoms with Crippen molar-refractivity contribution in [2.75, 3.05) is 17.2 Å². The first kappa shape index (κ1) is 17.0. The van der Waals surface area contributed by atoms with Crippen LogP contribution in [0, 0.1) is 6.92 Å². The number of anilines is 3. The van der Waals surface area contributed by atoms with E-state index in [1.807, 2.05) is 37.3 Å². The second-order valence-electron chi connectivity index (χ2n) is 6.14. The summed E-state index contributed by atoms with van der Waals surface area (Å²) in [5, 5.41) is 6.69. The standard InChI is InChI=1S/C19H23BrN4/c1-14-12-18(23-17-9-5-8-16(20)13-17)24-19(22-14)21-11-10-15-6-3-2-4-7-15/h5-6,8-9,12-13H,2-4,7,10-11H2,1H3,(H2,21,22,23,24). The molecule has 1 aliphatic carbocycles. The maximum absolute atomic E-state index is 4.57. The zero-order chi connectivity index (χ0) is 16.8. The van der Waals surface area contributed by atoms with Crippen molar-refractivity contribution in [3.63, 3.8) is 0 Å². The lowest BCUT2D eigenvalue weighted by atomic mass is 9.97. The van der Waals surface area contributed by atoms with Gasteiger partial charge in [-0.05, 0) is 57.2 Å². The predicted molar refractivity (Wildman–Crippen MR) is 104 cm³/mol. The second-order valence-corrected chi connectivity index (χ2v) is 7.05. The van der Waals surface area contributed by atoms with Crippen LogP contribution in [0.15, 0.2) is 46.5 Å². The van der Waals surface area contributed by atoms with Crippen molar-refractivity contribution < 1.29 is 0 Å². The summed E-state index contributed by atoms with van der Waals surface area (Å²) in [6, 6.07) is 10.0. The highest BCUT2D eigenvalue weighted by Gasteiger charge is 2.06. The van der Waals surface area contributed by atoms with Gasteiger partial charge in [0.1, 0.15) is 5.82 Å². The summed E-state index contributed by atoms with van der Waals surface area (Å²) in [4.78, 5) is 9.06. The molecule has 2 N–H and O–H groups in total. The Hall–Kier alpha value is -1.88. The van der Waals surface area contributed by atoms with Crippen LogP contribution in [0.3, 0.4) is 0 Å². The third-order valence-corrected chi connectivity index (χ3v) is 4.56. The Morgan fingerprint density at radius 3 is 2.88 bits per heavy atom. The predicted octanol–water partition coefficient (Wildman–Crippen LogP) is 5.59. The average molecular weight is 387 g/mol. The molecule has 1 heterocycles. The first-order valence-electron chi connectivity index (χ1n) is 8.49. The minimum atomic E-state index is 0.684. The first-order chi connectivity index (χ1) is 11.7.